The van der Waals surface area contributed by atoms with Crippen molar-refractivity contribution in [2.75, 3.05) is 20.1 Å². The number of likely N-dealkylation sites (tertiary alicyclic amines) is 1. The summed E-state index contributed by atoms with van der Waals surface area (Å²) in [5, 5.41) is 0. The standard InChI is InChI=1S/C12H19N3/c1-15-6-4-12(13)11(9-15)7-10-3-2-5-14-8-10/h2-3,5,8,11-12H,4,6-7,9,13H2,1H3/t11-,12+/m0/s1. The molecule has 0 saturated carbocycles. The van der Waals surface area contributed by atoms with Gasteiger partial charge in [0.2, 0.25) is 0 Å². The maximum atomic E-state index is 6.14. The first kappa shape index (κ1) is 10.6. The number of pyridine rings is 1. The summed E-state index contributed by atoms with van der Waals surface area (Å²) in [6, 6.07) is 4.48. The van der Waals surface area contributed by atoms with Crippen LogP contribution in [-0.4, -0.2) is 36.1 Å². The summed E-state index contributed by atoms with van der Waals surface area (Å²) in [6.07, 6.45) is 5.93. The summed E-state index contributed by atoms with van der Waals surface area (Å²) in [5.74, 6) is 0.577. The van der Waals surface area contributed by atoms with E-state index < -0.39 is 0 Å². The van der Waals surface area contributed by atoms with E-state index in [2.05, 4.69) is 23.0 Å². The maximum Gasteiger partial charge on any atom is 0.0299 e. The van der Waals surface area contributed by atoms with Crippen molar-refractivity contribution in [1.29, 1.82) is 0 Å². The minimum atomic E-state index is 0.349. The molecule has 2 N–H and O–H groups in total. The molecular formula is C12H19N3. The van der Waals surface area contributed by atoms with Gasteiger partial charge < -0.3 is 10.6 Å². The Morgan fingerprint density at radius 2 is 2.47 bits per heavy atom. The summed E-state index contributed by atoms with van der Waals surface area (Å²) in [6.45, 7) is 2.24. The van der Waals surface area contributed by atoms with Crippen LogP contribution in [0.1, 0.15) is 12.0 Å². The van der Waals surface area contributed by atoms with Crippen LogP contribution in [0.15, 0.2) is 24.5 Å². The molecule has 0 aromatic carbocycles. The summed E-state index contributed by atoms with van der Waals surface area (Å²) in [4.78, 5) is 6.51. The third kappa shape index (κ3) is 2.76. The molecule has 0 bridgehead atoms. The van der Waals surface area contributed by atoms with Crippen LogP contribution in [0.2, 0.25) is 0 Å². The molecule has 1 saturated heterocycles. The molecule has 3 nitrogen and oxygen atoms in total. The van der Waals surface area contributed by atoms with Gasteiger partial charge in [-0.3, -0.25) is 4.98 Å². The van der Waals surface area contributed by atoms with Gasteiger partial charge in [0, 0.05) is 25.0 Å². The van der Waals surface area contributed by atoms with Crippen LogP contribution in [0.5, 0.6) is 0 Å². The van der Waals surface area contributed by atoms with E-state index in [-0.39, 0.29) is 0 Å². The monoisotopic (exact) mass is 205 g/mol. The number of nitrogens with two attached hydrogens (primary N) is 1. The van der Waals surface area contributed by atoms with Crippen LogP contribution in [0.3, 0.4) is 0 Å². The van der Waals surface area contributed by atoms with Crippen molar-refractivity contribution < 1.29 is 0 Å². The SMILES string of the molecule is CN1CC[C@@H](N)[C@@H](Cc2cccnc2)C1. The minimum absolute atomic E-state index is 0.349. The van der Waals surface area contributed by atoms with Crippen LogP contribution in [0.25, 0.3) is 0 Å². The van der Waals surface area contributed by atoms with Gasteiger partial charge in [0.25, 0.3) is 0 Å². The lowest BCUT2D eigenvalue weighted by atomic mass is 9.88. The van der Waals surface area contributed by atoms with Gasteiger partial charge in [-0.2, -0.15) is 0 Å². The second-order valence-corrected chi connectivity index (χ2v) is 4.54. The minimum Gasteiger partial charge on any atom is -0.327 e. The van der Waals surface area contributed by atoms with Gasteiger partial charge in [-0.1, -0.05) is 6.07 Å². The van der Waals surface area contributed by atoms with Gasteiger partial charge in [0.1, 0.15) is 0 Å². The van der Waals surface area contributed by atoms with Crippen molar-refractivity contribution >= 4 is 0 Å². The molecule has 0 amide bonds. The van der Waals surface area contributed by atoms with Crippen LogP contribution < -0.4 is 5.73 Å². The van der Waals surface area contributed by atoms with Gasteiger partial charge in [-0.25, -0.2) is 0 Å². The molecule has 1 aliphatic rings. The number of piperidine rings is 1. The highest BCUT2D eigenvalue weighted by atomic mass is 15.1. The van der Waals surface area contributed by atoms with Gasteiger partial charge in [-0.05, 0) is 44.0 Å². The van der Waals surface area contributed by atoms with Gasteiger partial charge in [0.05, 0.1) is 0 Å². The number of nitrogens with zero attached hydrogens (tertiary/aromatic N) is 2. The number of hydrogen-bond donors (Lipinski definition) is 1. The zero-order valence-corrected chi connectivity index (χ0v) is 9.26. The lowest BCUT2D eigenvalue weighted by Crippen LogP contribution is -2.46. The number of aromatic nitrogens is 1. The van der Waals surface area contributed by atoms with Crippen molar-refractivity contribution in [3.8, 4) is 0 Å². The summed E-state index contributed by atoms with van der Waals surface area (Å²) >= 11 is 0. The maximum absolute atomic E-state index is 6.14. The number of hydrogen-bond acceptors (Lipinski definition) is 3. The lowest BCUT2D eigenvalue weighted by molar-refractivity contribution is 0.185. The van der Waals surface area contributed by atoms with Crippen molar-refractivity contribution in [3.63, 3.8) is 0 Å². The molecule has 82 valence electrons. The highest BCUT2D eigenvalue weighted by Crippen LogP contribution is 2.18. The van der Waals surface area contributed by atoms with Crippen molar-refractivity contribution in [3.05, 3.63) is 30.1 Å². The third-order valence-electron chi connectivity index (χ3n) is 3.22. The van der Waals surface area contributed by atoms with Crippen LogP contribution >= 0.6 is 0 Å². The molecule has 0 unspecified atom stereocenters. The molecule has 2 atom stereocenters. The first-order valence-corrected chi connectivity index (χ1v) is 5.59. The molecule has 0 radical (unpaired) electrons. The average molecular weight is 205 g/mol. The molecule has 15 heavy (non-hydrogen) atoms. The molecule has 3 heteroatoms. The fourth-order valence-corrected chi connectivity index (χ4v) is 2.27. The van der Waals surface area contributed by atoms with Crippen molar-refractivity contribution in [2.45, 2.75) is 18.9 Å². The molecule has 1 aliphatic heterocycles. The molecular weight excluding hydrogens is 186 g/mol. The first-order chi connectivity index (χ1) is 7.25. The van der Waals surface area contributed by atoms with Crippen LogP contribution in [0, 0.1) is 5.92 Å². The van der Waals surface area contributed by atoms with E-state index in [0.717, 1.165) is 25.9 Å². The van der Waals surface area contributed by atoms with Crippen molar-refractivity contribution in [1.82, 2.24) is 9.88 Å². The Hall–Kier alpha value is -0.930. The van der Waals surface area contributed by atoms with Gasteiger partial charge in [-0.15, -0.1) is 0 Å². The Morgan fingerprint density at radius 1 is 1.60 bits per heavy atom. The predicted molar refractivity (Wildman–Crippen MR) is 61.5 cm³/mol. The summed E-state index contributed by atoms with van der Waals surface area (Å²) in [5.41, 5.74) is 7.44. The summed E-state index contributed by atoms with van der Waals surface area (Å²) in [7, 11) is 2.17. The molecule has 2 heterocycles. The third-order valence-corrected chi connectivity index (χ3v) is 3.22. The van der Waals surface area contributed by atoms with Gasteiger partial charge >= 0.3 is 0 Å². The Labute approximate surface area is 91.3 Å². The van der Waals surface area contributed by atoms with Crippen molar-refractivity contribution in [2.24, 2.45) is 11.7 Å². The fraction of sp³-hybridized carbons (Fsp3) is 0.583. The zero-order chi connectivity index (χ0) is 10.7. The van der Waals surface area contributed by atoms with Crippen LogP contribution in [-0.2, 0) is 6.42 Å². The molecule has 1 aromatic rings. The second-order valence-electron chi connectivity index (χ2n) is 4.54. The molecule has 0 aliphatic carbocycles. The highest BCUT2D eigenvalue weighted by molar-refractivity contribution is 5.10. The Kier molecular flexibility index (Phi) is 3.34. The Balaban J connectivity index is 1.98. The quantitative estimate of drug-likeness (QED) is 0.780. The van der Waals surface area contributed by atoms with Crippen LogP contribution in [0.4, 0.5) is 0 Å². The Morgan fingerprint density at radius 3 is 3.20 bits per heavy atom. The molecule has 0 spiro atoms. The first-order valence-electron chi connectivity index (χ1n) is 5.59. The zero-order valence-electron chi connectivity index (χ0n) is 9.26. The smallest absolute Gasteiger partial charge is 0.0299 e. The average Bonchev–Trinajstić information content (AvgIpc) is 2.25. The van der Waals surface area contributed by atoms with E-state index in [9.17, 15) is 0 Å². The molecule has 1 fully saturated rings. The highest BCUT2D eigenvalue weighted by Gasteiger charge is 2.24. The summed E-state index contributed by atoms with van der Waals surface area (Å²) < 4.78 is 0. The topological polar surface area (TPSA) is 42.1 Å². The molecule has 2 rings (SSSR count). The van der Waals surface area contributed by atoms with E-state index in [0.29, 0.717) is 12.0 Å². The number of rotatable bonds is 2. The van der Waals surface area contributed by atoms with E-state index in [1.54, 1.807) is 0 Å². The van der Waals surface area contributed by atoms with Gasteiger partial charge in [0.15, 0.2) is 0 Å². The van der Waals surface area contributed by atoms with E-state index in [1.165, 1.54) is 5.56 Å². The largest absolute Gasteiger partial charge is 0.327 e. The lowest BCUT2D eigenvalue weighted by Gasteiger charge is -2.34. The van der Waals surface area contributed by atoms with E-state index in [1.807, 2.05) is 18.5 Å². The second kappa shape index (κ2) is 4.73. The van der Waals surface area contributed by atoms with E-state index in [4.69, 9.17) is 5.73 Å². The van der Waals surface area contributed by atoms with E-state index >= 15 is 0 Å². The fourth-order valence-electron chi connectivity index (χ4n) is 2.27. The molecule has 1 aromatic heterocycles. The normalized spacial score (nSPS) is 27.9. The Bertz CT molecular complexity index is 299. The predicted octanol–water partition coefficient (Wildman–Crippen LogP) is 0.903.